The van der Waals surface area contributed by atoms with Crippen molar-refractivity contribution in [2.45, 2.75) is 20.0 Å². The van der Waals surface area contributed by atoms with Crippen LogP contribution in [0.5, 0.6) is 5.75 Å². The van der Waals surface area contributed by atoms with Gasteiger partial charge in [-0.1, -0.05) is 24.3 Å². The van der Waals surface area contributed by atoms with Crippen LogP contribution < -0.4 is 10.1 Å². The van der Waals surface area contributed by atoms with E-state index in [-0.39, 0.29) is 11.3 Å². The Morgan fingerprint density at radius 3 is 2.44 bits per heavy atom. The molecule has 25 heavy (non-hydrogen) atoms. The molecule has 1 atom stereocenters. The highest BCUT2D eigenvalue weighted by molar-refractivity contribution is 6.00. The van der Waals surface area contributed by atoms with Crippen LogP contribution in [0.4, 0.5) is 5.69 Å². The molecule has 1 unspecified atom stereocenters. The number of amides is 1. The van der Waals surface area contributed by atoms with Gasteiger partial charge in [0.25, 0.3) is 5.91 Å². The standard InChI is InChI=1S/C19H19NO5/c1-12(21)14-7-6-8-15(11-14)20-18(22)13(2)25-19(23)16-9-4-5-10-17(16)24-3/h4-11,13H,1-3H3,(H,20,22). The number of hydrogen-bond acceptors (Lipinski definition) is 5. The Labute approximate surface area is 145 Å². The lowest BCUT2D eigenvalue weighted by molar-refractivity contribution is -0.123. The maximum atomic E-state index is 12.2. The molecule has 2 rings (SSSR count). The number of Topliss-reactive ketones (excluding diaryl/α,β-unsaturated/α-hetero) is 1. The van der Waals surface area contributed by atoms with E-state index in [9.17, 15) is 14.4 Å². The zero-order valence-electron chi connectivity index (χ0n) is 14.2. The van der Waals surface area contributed by atoms with Crippen LogP contribution in [0.1, 0.15) is 34.6 Å². The number of benzene rings is 2. The van der Waals surface area contributed by atoms with E-state index in [1.54, 1.807) is 48.5 Å². The number of esters is 1. The van der Waals surface area contributed by atoms with E-state index in [0.29, 0.717) is 17.0 Å². The first-order chi connectivity index (χ1) is 11.9. The highest BCUT2D eigenvalue weighted by Crippen LogP contribution is 2.19. The lowest BCUT2D eigenvalue weighted by Crippen LogP contribution is -2.30. The smallest absolute Gasteiger partial charge is 0.342 e. The fourth-order valence-electron chi connectivity index (χ4n) is 2.15. The summed E-state index contributed by atoms with van der Waals surface area (Å²) in [5, 5.41) is 2.62. The van der Waals surface area contributed by atoms with Crippen LogP contribution in [0.3, 0.4) is 0 Å². The van der Waals surface area contributed by atoms with Crippen LogP contribution in [0.2, 0.25) is 0 Å². The van der Waals surface area contributed by atoms with Crippen molar-refractivity contribution in [3.63, 3.8) is 0 Å². The van der Waals surface area contributed by atoms with E-state index < -0.39 is 18.0 Å². The molecule has 0 fully saturated rings. The molecule has 0 spiro atoms. The van der Waals surface area contributed by atoms with Crippen LogP contribution in [0.25, 0.3) is 0 Å². The first-order valence-electron chi connectivity index (χ1n) is 7.68. The lowest BCUT2D eigenvalue weighted by atomic mass is 10.1. The van der Waals surface area contributed by atoms with Crippen molar-refractivity contribution < 1.29 is 23.9 Å². The van der Waals surface area contributed by atoms with Crippen LogP contribution in [0.15, 0.2) is 48.5 Å². The Bertz CT molecular complexity index is 800. The van der Waals surface area contributed by atoms with Crippen molar-refractivity contribution in [2.24, 2.45) is 0 Å². The van der Waals surface area contributed by atoms with Gasteiger partial charge < -0.3 is 14.8 Å². The zero-order valence-corrected chi connectivity index (χ0v) is 14.2. The number of ketones is 1. The molecule has 6 heteroatoms. The number of methoxy groups -OCH3 is 1. The molecule has 0 saturated carbocycles. The number of ether oxygens (including phenoxy) is 2. The van der Waals surface area contributed by atoms with Crippen LogP contribution in [-0.2, 0) is 9.53 Å². The van der Waals surface area contributed by atoms with Gasteiger partial charge in [-0.2, -0.15) is 0 Å². The Morgan fingerprint density at radius 2 is 1.76 bits per heavy atom. The van der Waals surface area contributed by atoms with Gasteiger partial charge in [0, 0.05) is 11.3 Å². The molecular formula is C19H19NO5. The van der Waals surface area contributed by atoms with Gasteiger partial charge in [0.2, 0.25) is 0 Å². The van der Waals surface area contributed by atoms with Crippen molar-refractivity contribution in [1.82, 2.24) is 0 Å². The van der Waals surface area contributed by atoms with Gasteiger partial charge in [0.1, 0.15) is 11.3 Å². The van der Waals surface area contributed by atoms with Crippen molar-refractivity contribution >= 4 is 23.3 Å². The zero-order chi connectivity index (χ0) is 18.4. The molecule has 0 aliphatic heterocycles. The molecule has 130 valence electrons. The SMILES string of the molecule is COc1ccccc1C(=O)OC(C)C(=O)Nc1cccc(C(C)=O)c1. The summed E-state index contributed by atoms with van der Waals surface area (Å²) in [6.07, 6.45) is -1.02. The summed E-state index contributed by atoms with van der Waals surface area (Å²) in [4.78, 5) is 35.8. The first kappa shape index (κ1) is 18.2. The van der Waals surface area contributed by atoms with Crippen LogP contribution in [-0.4, -0.2) is 30.9 Å². The van der Waals surface area contributed by atoms with E-state index in [2.05, 4.69) is 5.32 Å². The molecule has 0 aliphatic carbocycles. The summed E-state index contributed by atoms with van der Waals surface area (Å²) in [6, 6.07) is 13.1. The minimum absolute atomic E-state index is 0.105. The third kappa shape index (κ3) is 4.67. The summed E-state index contributed by atoms with van der Waals surface area (Å²) < 4.78 is 10.3. The quantitative estimate of drug-likeness (QED) is 0.645. The number of nitrogens with one attached hydrogen (secondary N) is 1. The highest BCUT2D eigenvalue weighted by atomic mass is 16.5. The fourth-order valence-corrected chi connectivity index (χ4v) is 2.15. The Kier molecular flexibility index (Phi) is 5.89. The first-order valence-corrected chi connectivity index (χ1v) is 7.68. The molecule has 6 nitrogen and oxygen atoms in total. The maximum Gasteiger partial charge on any atom is 0.342 e. The van der Waals surface area contributed by atoms with Crippen molar-refractivity contribution in [1.29, 1.82) is 0 Å². The number of anilines is 1. The lowest BCUT2D eigenvalue weighted by Gasteiger charge is -2.15. The van der Waals surface area contributed by atoms with Crippen molar-refractivity contribution in [3.8, 4) is 5.75 Å². The third-order valence-corrected chi connectivity index (χ3v) is 3.52. The Morgan fingerprint density at radius 1 is 1.04 bits per heavy atom. The van der Waals surface area contributed by atoms with E-state index >= 15 is 0 Å². The van der Waals surface area contributed by atoms with Crippen molar-refractivity contribution in [3.05, 3.63) is 59.7 Å². The number of para-hydroxylation sites is 1. The van der Waals surface area contributed by atoms with E-state index in [0.717, 1.165) is 0 Å². The molecule has 0 radical (unpaired) electrons. The molecule has 1 amide bonds. The summed E-state index contributed by atoms with van der Waals surface area (Å²) >= 11 is 0. The average Bonchev–Trinajstić information content (AvgIpc) is 2.61. The summed E-state index contributed by atoms with van der Waals surface area (Å²) in [5.41, 5.74) is 1.18. The minimum Gasteiger partial charge on any atom is -0.496 e. The predicted molar refractivity (Wildman–Crippen MR) is 92.9 cm³/mol. The molecule has 0 bridgehead atoms. The third-order valence-electron chi connectivity index (χ3n) is 3.52. The summed E-state index contributed by atoms with van der Waals surface area (Å²) in [7, 11) is 1.45. The second-order valence-corrected chi connectivity index (χ2v) is 5.37. The fraction of sp³-hybridized carbons (Fsp3) is 0.211. The minimum atomic E-state index is -1.02. The molecule has 2 aromatic carbocycles. The topological polar surface area (TPSA) is 81.7 Å². The number of rotatable bonds is 6. The van der Waals surface area contributed by atoms with Gasteiger partial charge in [-0.15, -0.1) is 0 Å². The molecule has 0 aromatic heterocycles. The molecular weight excluding hydrogens is 322 g/mol. The molecule has 0 aliphatic rings. The van der Waals surface area contributed by atoms with Crippen LogP contribution >= 0.6 is 0 Å². The summed E-state index contributed by atoms with van der Waals surface area (Å²) in [5.74, 6) is -0.887. The van der Waals surface area contributed by atoms with Gasteiger partial charge in [0.05, 0.1) is 7.11 Å². The monoisotopic (exact) mass is 341 g/mol. The van der Waals surface area contributed by atoms with E-state index in [1.165, 1.54) is 21.0 Å². The molecule has 0 saturated heterocycles. The molecule has 2 aromatic rings. The average molecular weight is 341 g/mol. The molecule has 0 heterocycles. The summed E-state index contributed by atoms with van der Waals surface area (Å²) in [6.45, 7) is 2.91. The van der Waals surface area contributed by atoms with Gasteiger partial charge in [0.15, 0.2) is 11.9 Å². The molecule has 1 N–H and O–H groups in total. The van der Waals surface area contributed by atoms with Crippen molar-refractivity contribution in [2.75, 3.05) is 12.4 Å². The van der Waals surface area contributed by atoms with Gasteiger partial charge in [-0.25, -0.2) is 4.79 Å². The highest BCUT2D eigenvalue weighted by Gasteiger charge is 2.21. The normalized spacial score (nSPS) is 11.3. The van der Waals surface area contributed by atoms with Crippen LogP contribution in [0, 0.1) is 0 Å². The maximum absolute atomic E-state index is 12.2. The van der Waals surface area contributed by atoms with Gasteiger partial charge in [-0.05, 0) is 38.1 Å². The largest absolute Gasteiger partial charge is 0.496 e. The number of carbonyl (C=O) groups is 3. The van der Waals surface area contributed by atoms with Gasteiger partial charge >= 0.3 is 5.97 Å². The predicted octanol–water partition coefficient (Wildman–Crippen LogP) is 3.08. The number of carbonyl (C=O) groups excluding carboxylic acids is 3. The second kappa shape index (κ2) is 8.10. The number of hydrogen-bond donors (Lipinski definition) is 1. The van der Waals surface area contributed by atoms with Gasteiger partial charge in [-0.3, -0.25) is 9.59 Å². The van der Waals surface area contributed by atoms with E-state index in [1.807, 2.05) is 0 Å². The Balaban J connectivity index is 2.04. The second-order valence-electron chi connectivity index (χ2n) is 5.37. The Hall–Kier alpha value is -3.15. The van der Waals surface area contributed by atoms with E-state index in [4.69, 9.17) is 9.47 Å².